The lowest BCUT2D eigenvalue weighted by Crippen LogP contribution is -2.27. The molecule has 0 aliphatic heterocycles. The van der Waals surface area contributed by atoms with Crippen LogP contribution in [0.1, 0.15) is 65.1 Å². The molecule has 1 aliphatic rings. The van der Waals surface area contributed by atoms with Gasteiger partial charge in [0.15, 0.2) is 0 Å². The van der Waals surface area contributed by atoms with Crippen LogP contribution in [-0.2, 0) is 6.54 Å². The molecule has 0 atom stereocenters. The Labute approximate surface area is 117 Å². The molecule has 1 heterocycles. The summed E-state index contributed by atoms with van der Waals surface area (Å²) in [6.07, 6.45) is 7.22. The van der Waals surface area contributed by atoms with Crippen LogP contribution in [0.5, 0.6) is 0 Å². The standard InChI is InChI=1S/C16H29N3/c1-5-15(6-2)19-10-7-14(18-19)11-17-12-16(8-9-16)13(3)4/h7,10,13,15,17H,5-6,8-9,11-12H2,1-4H3. The van der Waals surface area contributed by atoms with Crippen molar-refractivity contribution in [3.63, 3.8) is 0 Å². The molecule has 0 aromatic carbocycles. The summed E-state index contributed by atoms with van der Waals surface area (Å²) in [5.74, 6) is 0.794. The lowest BCUT2D eigenvalue weighted by molar-refractivity contribution is 0.336. The summed E-state index contributed by atoms with van der Waals surface area (Å²) in [5, 5.41) is 8.29. The van der Waals surface area contributed by atoms with Gasteiger partial charge < -0.3 is 5.32 Å². The summed E-state index contributed by atoms with van der Waals surface area (Å²) in [7, 11) is 0. The van der Waals surface area contributed by atoms with E-state index in [9.17, 15) is 0 Å². The van der Waals surface area contributed by atoms with Gasteiger partial charge in [-0.2, -0.15) is 5.10 Å². The Morgan fingerprint density at radius 2 is 2.00 bits per heavy atom. The Balaban J connectivity index is 1.81. The normalized spacial score (nSPS) is 17.4. The first-order valence-corrected chi connectivity index (χ1v) is 7.86. The average molecular weight is 263 g/mol. The van der Waals surface area contributed by atoms with Gasteiger partial charge >= 0.3 is 0 Å². The quantitative estimate of drug-likeness (QED) is 0.773. The predicted octanol–water partition coefficient (Wildman–Crippen LogP) is 3.77. The van der Waals surface area contributed by atoms with Gasteiger partial charge in [-0.25, -0.2) is 0 Å². The molecule has 108 valence electrons. The first-order valence-electron chi connectivity index (χ1n) is 7.86. The summed E-state index contributed by atoms with van der Waals surface area (Å²) in [5.41, 5.74) is 1.75. The van der Waals surface area contributed by atoms with Crippen molar-refractivity contribution in [1.82, 2.24) is 15.1 Å². The lowest BCUT2D eigenvalue weighted by Gasteiger charge is -2.19. The van der Waals surface area contributed by atoms with E-state index in [0.717, 1.165) is 31.8 Å². The van der Waals surface area contributed by atoms with Crippen molar-refractivity contribution in [3.05, 3.63) is 18.0 Å². The number of nitrogens with one attached hydrogen (secondary N) is 1. The van der Waals surface area contributed by atoms with E-state index in [1.165, 1.54) is 18.5 Å². The molecule has 1 N–H and O–H groups in total. The first kappa shape index (κ1) is 14.6. The molecule has 2 rings (SSSR count). The van der Waals surface area contributed by atoms with Crippen LogP contribution in [0.25, 0.3) is 0 Å². The Kier molecular flexibility index (Phi) is 4.67. The van der Waals surface area contributed by atoms with Crippen molar-refractivity contribution in [2.45, 2.75) is 66.0 Å². The molecular weight excluding hydrogens is 234 g/mol. The van der Waals surface area contributed by atoms with E-state index in [0.29, 0.717) is 11.5 Å². The monoisotopic (exact) mass is 263 g/mol. The Morgan fingerprint density at radius 1 is 1.32 bits per heavy atom. The second-order valence-electron chi connectivity index (χ2n) is 6.38. The lowest BCUT2D eigenvalue weighted by atomic mass is 9.92. The molecule has 3 heteroatoms. The molecule has 0 amide bonds. The van der Waals surface area contributed by atoms with Gasteiger partial charge in [0.05, 0.1) is 11.7 Å². The average Bonchev–Trinajstić information content (AvgIpc) is 3.05. The number of hydrogen-bond donors (Lipinski definition) is 1. The molecule has 1 fully saturated rings. The predicted molar refractivity (Wildman–Crippen MR) is 80.1 cm³/mol. The summed E-state index contributed by atoms with van der Waals surface area (Å²) < 4.78 is 2.13. The van der Waals surface area contributed by atoms with Crippen molar-refractivity contribution >= 4 is 0 Å². The first-order chi connectivity index (χ1) is 9.11. The van der Waals surface area contributed by atoms with Crippen LogP contribution < -0.4 is 5.32 Å². The Bertz CT molecular complexity index is 386. The fourth-order valence-corrected chi connectivity index (χ4v) is 2.90. The second-order valence-corrected chi connectivity index (χ2v) is 6.38. The van der Waals surface area contributed by atoms with E-state index < -0.39 is 0 Å². The van der Waals surface area contributed by atoms with Crippen LogP contribution in [0, 0.1) is 11.3 Å². The fraction of sp³-hybridized carbons (Fsp3) is 0.812. The second kappa shape index (κ2) is 6.08. The Morgan fingerprint density at radius 3 is 2.53 bits per heavy atom. The van der Waals surface area contributed by atoms with E-state index >= 15 is 0 Å². The third-order valence-electron chi connectivity index (χ3n) is 4.88. The maximum absolute atomic E-state index is 4.69. The highest BCUT2D eigenvalue weighted by Gasteiger charge is 2.44. The number of aromatic nitrogens is 2. The van der Waals surface area contributed by atoms with Crippen LogP contribution in [-0.4, -0.2) is 16.3 Å². The van der Waals surface area contributed by atoms with E-state index in [1.807, 2.05) is 0 Å². The fourth-order valence-electron chi connectivity index (χ4n) is 2.90. The summed E-state index contributed by atoms with van der Waals surface area (Å²) in [4.78, 5) is 0. The van der Waals surface area contributed by atoms with Gasteiger partial charge in [0.1, 0.15) is 0 Å². The minimum Gasteiger partial charge on any atom is -0.311 e. The molecule has 0 unspecified atom stereocenters. The van der Waals surface area contributed by atoms with Crippen molar-refractivity contribution in [1.29, 1.82) is 0 Å². The Hall–Kier alpha value is -0.830. The van der Waals surface area contributed by atoms with E-state index in [4.69, 9.17) is 5.10 Å². The zero-order chi connectivity index (χ0) is 13.9. The van der Waals surface area contributed by atoms with Crippen LogP contribution in [0.2, 0.25) is 0 Å². The number of nitrogens with zero attached hydrogens (tertiary/aromatic N) is 2. The highest BCUT2D eigenvalue weighted by molar-refractivity contribution is 5.01. The summed E-state index contributed by atoms with van der Waals surface area (Å²) in [6.45, 7) is 11.2. The van der Waals surface area contributed by atoms with Gasteiger partial charge in [-0.1, -0.05) is 27.7 Å². The molecule has 1 aromatic rings. The van der Waals surface area contributed by atoms with E-state index in [-0.39, 0.29) is 0 Å². The minimum atomic E-state index is 0.555. The highest BCUT2D eigenvalue weighted by atomic mass is 15.3. The smallest absolute Gasteiger partial charge is 0.0762 e. The van der Waals surface area contributed by atoms with Crippen LogP contribution in [0.15, 0.2) is 12.3 Å². The van der Waals surface area contributed by atoms with Crippen molar-refractivity contribution in [2.24, 2.45) is 11.3 Å². The largest absolute Gasteiger partial charge is 0.311 e. The van der Waals surface area contributed by atoms with Gasteiger partial charge in [-0.15, -0.1) is 0 Å². The zero-order valence-corrected chi connectivity index (χ0v) is 12.9. The minimum absolute atomic E-state index is 0.555. The summed E-state index contributed by atoms with van der Waals surface area (Å²) >= 11 is 0. The molecule has 0 saturated heterocycles. The maximum Gasteiger partial charge on any atom is 0.0762 e. The van der Waals surface area contributed by atoms with E-state index in [2.05, 4.69) is 50.0 Å². The number of rotatable bonds is 8. The number of hydrogen-bond acceptors (Lipinski definition) is 2. The molecule has 19 heavy (non-hydrogen) atoms. The maximum atomic E-state index is 4.69. The zero-order valence-electron chi connectivity index (χ0n) is 12.9. The van der Waals surface area contributed by atoms with Crippen molar-refractivity contribution < 1.29 is 0 Å². The van der Waals surface area contributed by atoms with Gasteiger partial charge in [-0.05, 0) is 43.1 Å². The van der Waals surface area contributed by atoms with Gasteiger partial charge in [0.25, 0.3) is 0 Å². The SMILES string of the molecule is CCC(CC)n1ccc(CNCC2(C(C)C)CC2)n1. The molecule has 0 spiro atoms. The molecule has 1 aliphatic carbocycles. The highest BCUT2D eigenvalue weighted by Crippen LogP contribution is 2.51. The van der Waals surface area contributed by atoms with Crippen molar-refractivity contribution in [3.8, 4) is 0 Å². The van der Waals surface area contributed by atoms with Crippen LogP contribution in [0.3, 0.4) is 0 Å². The molecule has 1 aromatic heterocycles. The van der Waals surface area contributed by atoms with Gasteiger partial charge in [0.2, 0.25) is 0 Å². The third kappa shape index (κ3) is 3.38. The molecular formula is C16H29N3. The molecule has 0 radical (unpaired) electrons. The van der Waals surface area contributed by atoms with Crippen molar-refractivity contribution in [2.75, 3.05) is 6.54 Å². The molecule has 3 nitrogen and oxygen atoms in total. The van der Waals surface area contributed by atoms with E-state index in [1.54, 1.807) is 0 Å². The molecule has 1 saturated carbocycles. The summed E-state index contributed by atoms with van der Waals surface area (Å²) in [6, 6.07) is 2.71. The van der Waals surface area contributed by atoms with Crippen LogP contribution >= 0.6 is 0 Å². The van der Waals surface area contributed by atoms with Crippen LogP contribution in [0.4, 0.5) is 0 Å². The third-order valence-corrected chi connectivity index (χ3v) is 4.88. The molecule has 0 bridgehead atoms. The topological polar surface area (TPSA) is 29.9 Å². The van der Waals surface area contributed by atoms with Gasteiger partial charge in [0, 0.05) is 19.3 Å². The van der Waals surface area contributed by atoms with Gasteiger partial charge in [-0.3, -0.25) is 4.68 Å².